The highest BCUT2D eigenvalue weighted by Crippen LogP contribution is 2.27. The smallest absolute Gasteiger partial charge is 0.338 e. The molecule has 1 aliphatic carbocycles. The summed E-state index contributed by atoms with van der Waals surface area (Å²) in [5, 5.41) is 12.2. The molecule has 24 heavy (non-hydrogen) atoms. The topological polar surface area (TPSA) is 79.2 Å². The van der Waals surface area contributed by atoms with Gasteiger partial charge in [-0.3, -0.25) is 4.79 Å². The molecule has 2 rings (SSSR count). The minimum Gasteiger partial charge on any atom is -0.449 e. The number of nitriles is 1. The zero-order chi connectivity index (χ0) is 17.6. The highest BCUT2D eigenvalue weighted by atomic mass is 16.5. The van der Waals surface area contributed by atoms with E-state index in [0.717, 1.165) is 31.2 Å². The zero-order valence-electron chi connectivity index (χ0n) is 14.3. The molecule has 1 aromatic carbocycles. The number of esters is 1. The second-order valence-corrected chi connectivity index (χ2v) is 6.34. The minimum absolute atomic E-state index is 0.416. The summed E-state index contributed by atoms with van der Waals surface area (Å²) < 4.78 is 5.24. The van der Waals surface area contributed by atoms with Gasteiger partial charge < -0.3 is 10.1 Å². The van der Waals surface area contributed by atoms with Crippen LogP contribution in [0.5, 0.6) is 0 Å². The number of nitrogens with zero attached hydrogens (tertiary/aromatic N) is 1. The van der Waals surface area contributed by atoms with Crippen molar-refractivity contribution in [2.45, 2.75) is 64.0 Å². The summed E-state index contributed by atoms with van der Waals surface area (Å²) >= 11 is 0. The van der Waals surface area contributed by atoms with Gasteiger partial charge in [-0.15, -0.1) is 0 Å². The summed E-state index contributed by atoms with van der Waals surface area (Å²) in [5.41, 5.74) is 0.726. The van der Waals surface area contributed by atoms with E-state index in [4.69, 9.17) is 4.74 Å². The molecule has 1 aliphatic rings. The lowest BCUT2D eigenvalue weighted by atomic mass is 9.83. The van der Waals surface area contributed by atoms with Crippen LogP contribution in [-0.4, -0.2) is 23.5 Å². The van der Waals surface area contributed by atoms with Crippen molar-refractivity contribution in [2.75, 3.05) is 0 Å². The number of hydrogen-bond acceptors (Lipinski definition) is 4. The van der Waals surface area contributed by atoms with Crippen molar-refractivity contribution in [1.29, 1.82) is 5.26 Å². The third-order valence-electron chi connectivity index (χ3n) is 4.53. The first-order chi connectivity index (χ1) is 11.5. The molecule has 1 saturated carbocycles. The monoisotopic (exact) mass is 328 g/mol. The summed E-state index contributed by atoms with van der Waals surface area (Å²) in [6.45, 7) is 3.57. The SMILES string of the molecule is CCc1ccc(C(=O)O[C@@H](C)C(=O)NC2(C#N)CCCCC2)cc1. The van der Waals surface area contributed by atoms with Crippen molar-refractivity contribution in [3.05, 3.63) is 35.4 Å². The van der Waals surface area contributed by atoms with Gasteiger partial charge in [0.1, 0.15) is 5.54 Å². The summed E-state index contributed by atoms with van der Waals surface area (Å²) in [4.78, 5) is 24.4. The molecule has 1 aromatic rings. The first kappa shape index (κ1) is 18.0. The molecule has 0 aromatic heterocycles. The Labute approximate surface area is 143 Å². The first-order valence-electron chi connectivity index (χ1n) is 8.53. The third-order valence-corrected chi connectivity index (χ3v) is 4.53. The number of carbonyl (C=O) groups is 2. The maximum atomic E-state index is 12.3. The van der Waals surface area contributed by atoms with Gasteiger partial charge in [0.25, 0.3) is 5.91 Å². The molecule has 0 saturated heterocycles. The fraction of sp³-hybridized carbons (Fsp3) is 0.526. The number of benzene rings is 1. The van der Waals surface area contributed by atoms with Crippen molar-refractivity contribution in [1.82, 2.24) is 5.32 Å². The van der Waals surface area contributed by atoms with Crippen LogP contribution in [0.1, 0.15) is 61.9 Å². The number of rotatable bonds is 5. The highest BCUT2D eigenvalue weighted by Gasteiger charge is 2.35. The van der Waals surface area contributed by atoms with E-state index in [0.29, 0.717) is 18.4 Å². The maximum Gasteiger partial charge on any atom is 0.338 e. The van der Waals surface area contributed by atoms with E-state index in [9.17, 15) is 14.9 Å². The van der Waals surface area contributed by atoms with Crippen molar-refractivity contribution in [3.8, 4) is 6.07 Å². The van der Waals surface area contributed by atoms with E-state index < -0.39 is 23.5 Å². The molecule has 0 radical (unpaired) electrons. The van der Waals surface area contributed by atoms with E-state index >= 15 is 0 Å². The lowest BCUT2D eigenvalue weighted by molar-refractivity contribution is -0.130. The summed E-state index contributed by atoms with van der Waals surface area (Å²) in [7, 11) is 0. The van der Waals surface area contributed by atoms with E-state index in [1.807, 2.05) is 19.1 Å². The zero-order valence-corrected chi connectivity index (χ0v) is 14.3. The number of hydrogen-bond donors (Lipinski definition) is 1. The Hall–Kier alpha value is -2.35. The van der Waals surface area contributed by atoms with Crippen LogP contribution >= 0.6 is 0 Å². The Morgan fingerprint density at radius 1 is 1.25 bits per heavy atom. The number of amides is 1. The van der Waals surface area contributed by atoms with Crippen LogP contribution in [0, 0.1) is 11.3 Å². The molecular formula is C19H24N2O3. The average molecular weight is 328 g/mol. The Morgan fingerprint density at radius 3 is 2.42 bits per heavy atom. The van der Waals surface area contributed by atoms with Crippen molar-refractivity contribution in [3.63, 3.8) is 0 Å². The molecule has 1 amide bonds. The molecular weight excluding hydrogens is 304 g/mol. The summed E-state index contributed by atoms with van der Waals surface area (Å²) in [5.74, 6) is -0.952. The molecule has 5 nitrogen and oxygen atoms in total. The van der Waals surface area contributed by atoms with Gasteiger partial charge in [0, 0.05) is 0 Å². The fourth-order valence-corrected chi connectivity index (χ4v) is 2.92. The van der Waals surface area contributed by atoms with E-state index in [2.05, 4.69) is 11.4 Å². The normalized spacial score (nSPS) is 17.4. The van der Waals surface area contributed by atoms with Crippen LogP contribution < -0.4 is 5.32 Å². The lowest BCUT2D eigenvalue weighted by Crippen LogP contribution is -2.52. The molecule has 1 atom stereocenters. The Balaban J connectivity index is 1.95. The largest absolute Gasteiger partial charge is 0.449 e. The van der Waals surface area contributed by atoms with Crippen molar-refractivity contribution in [2.24, 2.45) is 0 Å². The van der Waals surface area contributed by atoms with Crippen molar-refractivity contribution < 1.29 is 14.3 Å². The van der Waals surface area contributed by atoms with Crippen LogP contribution in [-0.2, 0) is 16.0 Å². The van der Waals surface area contributed by atoms with E-state index in [1.165, 1.54) is 6.92 Å². The molecule has 0 heterocycles. The Kier molecular flexibility index (Phi) is 5.97. The maximum absolute atomic E-state index is 12.3. The van der Waals surface area contributed by atoms with Gasteiger partial charge in [0.15, 0.2) is 6.10 Å². The molecule has 0 unspecified atom stereocenters. The molecule has 0 aliphatic heterocycles. The van der Waals surface area contributed by atoms with Crippen molar-refractivity contribution >= 4 is 11.9 Å². The number of aryl methyl sites for hydroxylation is 1. The standard InChI is InChI=1S/C19H24N2O3/c1-3-15-7-9-16(10-8-15)18(23)24-14(2)17(22)21-19(13-20)11-5-4-6-12-19/h7-10,14H,3-6,11-12H2,1-2H3,(H,21,22)/t14-/m0/s1. The van der Waals surface area contributed by atoms with Gasteiger partial charge in [-0.2, -0.15) is 5.26 Å². The van der Waals surface area contributed by atoms with Crippen LogP contribution in [0.15, 0.2) is 24.3 Å². The lowest BCUT2D eigenvalue weighted by Gasteiger charge is -2.32. The number of ether oxygens (including phenoxy) is 1. The molecule has 1 fully saturated rings. The molecule has 0 spiro atoms. The predicted octanol–water partition coefficient (Wildman–Crippen LogP) is 3.14. The Morgan fingerprint density at radius 2 is 1.88 bits per heavy atom. The second kappa shape index (κ2) is 7.96. The van der Waals surface area contributed by atoms with Crippen LogP contribution in [0.3, 0.4) is 0 Å². The highest BCUT2D eigenvalue weighted by molar-refractivity contribution is 5.92. The van der Waals surface area contributed by atoms with E-state index in [1.54, 1.807) is 12.1 Å². The second-order valence-electron chi connectivity index (χ2n) is 6.34. The number of nitrogens with one attached hydrogen (secondary N) is 1. The molecule has 128 valence electrons. The van der Waals surface area contributed by atoms with Gasteiger partial charge in [0.2, 0.25) is 0 Å². The first-order valence-corrected chi connectivity index (χ1v) is 8.53. The van der Waals surface area contributed by atoms with Gasteiger partial charge in [-0.25, -0.2) is 4.79 Å². The quantitative estimate of drug-likeness (QED) is 0.842. The van der Waals surface area contributed by atoms with Crippen LogP contribution in [0.4, 0.5) is 0 Å². The van der Waals surface area contributed by atoms with Crippen LogP contribution in [0.25, 0.3) is 0 Å². The third kappa shape index (κ3) is 4.35. The number of carbonyl (C=O) groups excluding carboxylic acids is 2. The van der Waals surface area contributed by atoms with E-state index in [-0.39, 0.29) is 0 Å². The van der Waals surface area contributed by atoms with Crippen LogP contribution in [0.2, 0.25) is 0 Å². The average Bonchev–Trinajstić information content (AvgIpc) is 2.62. The van der Waals surface area contributed by atoms with Gasteiger partial charge in [0.05, 0.1) is 11.6 Å². The predicted molar refractivity (Wildman–Crippen MR) is 90.3 cm³/mol. The summed E-state index contributed by atoms with van der Waals surface area (Å²) in [6, 6.07) is 9.36. The fourth-order valence-electron chi connectivity index (χ4n) is 2.92. The molecule has 0 bridgehead atoms. The summed E-state index contributed by atoms with van der Waals surface area (Å²) in [6.07, 6.45) is 4.18. The van der Waals surface area contributed by atoms with Gasteiger partial charge >= 0.3 is 5.97 Å². The Bertz CT molecular complexity index is 625. The molecule has 5 heteroatoms. The molecule has 1 N–H and O–H groups in total. The van der Waals surface area contributed by atoms with Gasteiger partial charge in [-0.1, -0.05) is 38.3 Å². The van der Waals surface area contributed by atoms with Gasteiger partial charge in [-0.05, 0) is 43.9 Å². The minimum atomic E-state index is -0.935.